The van der Waals surface area contributed by atoms with E-state index in [1.165, 1.54) is 0 Å². The second-order valence-electron chi connectivity index (χ2n) is 5.70. The summed E-state index contributed by atoms with van der Waals surface area (Å²) in [5.41, 5.74) is 0.862. The van der Waals surface area contributed by atoms with Gasteiger partial charge in [-0.15, -0.1) is 0 Å². The van der Waals surface area contributed by atoms with Gasteiger partial charge in [-0.05, 0) is 24.8 Å². The first kappa shape index (κ1) is 14.0. The molecule has 2 heterocycles. The van der Waals surface area contributed by atoms with Gasteiger partial charge in [0.2, 0.25) is 0 Å². The minimum Gasteiger partial charge on any atom is -0.381 e. The summed E-state index contributed by atoms with van der Waals surface area (Å²) < 4.78 is 19.8. The quantitative estimate of drug-likeness (QED) is 0.917. The Morgan fingerprint density at radius 3 is 2.55 bits per heavy atom. The van der Waals surface area contributed by atoms with E-state index < -0.39 is 0 Å². The Kier molecular flexibility index (Phi) is 4.65. The molecule has 2 aliphatic heterocycles. The third-order valence-corrected chi connectivity index (χ3v) is 4.48. The molecule has 20 heavy (non-hydrogen) atoms. The lowest BCUT2D eigenvalue weighted by Gasteiger charge is -2.41. The number of hydrogen-bond donors (Lipinski definition) is 1. The fourth-order valence-electron chi connectivity index (χ4n) is 3.46. The highest BCUT2D eigenvalue weighted by Gasteiger charge is 2.32. The predicted octanol–water partition coefficient (Wildman–Crippen LogP) is 2.20. The molecule has 0 radical (unpaired) electrons. The number of nitrogens with one attached hydrogen (secondary N) is 1. The number of ether oxygens (including phenoxy) is 1. The second kappa shape index (κ2) is 6.66. The van der Waals surface area contributed by atoms with Crippen LogP contribution in [0.3, 0.4) is 0 Å². The lowest BCUT2D eigenvalue weighted by molar-refractivity contribution is 0.0203. The molecular weight excluding hydrogens is 255 g/mol. The van der Waals surface area contributed by atoms with Crippen molar-refractivity contribution in [2.45, 2.75) is 18.9 Å². The van der Waals surface area contributed by atoms with Crippen molar-refractivity contribution in [3.63, 3.8) is 0 Å². The molecule has 3 nitrogen and oxygen atoms in total. The van der Waals surface area contributed by atoms with Crippen molar-refractivity contribution in [3.8, 4) is 0 Å². The molecule has 3 rings (SSSR count). The molecule has 1 aromatic carbocycles. The summed E-state index contributed by atoms with van der Waals surface area (Å²) in [4.78, 5) is 2.45. The molecule has 0 aliphatic carbocycles. The zero-order chi connectivity index (χ0) is 13.8. The van der Waals surface area contributed by atoms with Gasteiger partial charge >= 0.3 is 0 Å². The summed E-state index contributed by atoms with van der Waals surface area (Å²) in [7, 11) is 0. The monoisotopic (exact) mass is 278 g/mol. The molecular formula is C16H23FN2O. The lowest BCUT2D eigenvalue weighted by Crippen LogP contribution is -2.47. The number of piperazine rings is 1. The third kappa shape index (κ3) is 3.03. The Balaban J connectivity index is 1.87. The molecule has 2 aliphatic rings. The van der Waals surface area contributed by atoms with Crippen molar-refractivity contribution < 1.29 is 9.13 Å². The maximum atomic E-state index is 14.3. The summed E-state index contributed by atoms with van der Waals surface area (Å²) >= 11 is 0. The Morgan fingerprint density at radius 2 is 1.85 bits per heavy atom. The van der Waals surface area contributed by atoms with Gasteiger partial charge in [-0.25, -0.2) is 4.39 Å². The number of hydrogen-bond acceptors (Lipinski definition) is 3. The zero-order valence-electron chi connectivity index (χ0n) is 11.9. The van der Waals surface area contributed by atoms with Crippen molar-refractivity contribution in [2.24, 2.45) is 5.92 Å². The fraction of sp³-hybridized carbons (Fsp3) is 0.625. The molecule has 0 bridgehead atoms. The SMILES string of the molecule is Fc1ccccc1[C@H](C1CCOCC1)N1CCNCC1. The van der Waals surface area contributed by atoms with Crippen molar-refractivity contribution in [2.75, 3.05) is 39.4 Å². The first-order valence-electron chi connectivity index (χ1n) is 7.63. The molecule has 0 unspecified atom stereocenters. The molecule has 4 heteroatoms. The predicted molar refractivity (Wildman–Crippen MR) is 77.1 cm³/mol. The van der Waals surface area contributed by atoms with Crippen LogP contribution in [0.15, 0.2) is 24.3 Å². The largest absolute Gasteiger partial charge is 0.381 e. The maximum Gasteiger partial charge on any atom is 0.127 e. The molecule has 0 aromatic heterocycles. The van der Waals surface area contributed by atoms with E-state index in [1.54, 1.807) is 12.1 Å². The second-order valence-corrected chi connectivity index (χ2v) is 5.70. The summed E-state index contributed by atoms with van der Waals surface area (Å²) in [5.74, 6) is 0.432. The van der Waals surface area contributed by atoms with E-state index in [9.17, 15) is 4.39 Å². The number of benzene rings is 1. The van der Waals surface area contributed by atoms with Crippen LogP contribution >= 0.6 is 0 Å². The van der Waals surface area contributed by atoms with E-state index in [0.717, 1.165) is 57.8 Å². The maximum absolute atomic E-state index is 14.3. The first-order chi connectivity index (χ1) is 9.86. The van der Waals surface area contributed by atoms with Crippen LogP contribution in [0.25, 0.3) is 0 Å². The summed E-state index contributed by atoms with van der Waals surface area (Å²) in [6.07, 6.45) is 2.06. The van der Waals surface area contributed by atoms with Crippen LogP contribution in [-0.2, 0) is 4.74 Å². The van der Waals surface area contributed by atoms with Gasteiger partial charge in [-0.2, -0.15) is 0 Å². The molecule has 1 atom stereocenters. The van der Waals surface area contributed by atoms with Gasteiger partial charge < -0.3 is 10.1 Å². The van der Waals surface area contributed by atoms with Crippen molar-refractivity contribution >= 4 is 0 Å². The highest BCUT2D eigenvalue weighted by molar-refractivity contribution is 5.22. The highest BCUT2D eigenvalue weighted by atomic mass is 19.1. The highest BCUT2D eigenvalue weighted by Crippen LogP contribution is 2.36. The van der Waals surface area contributed by atoms with Crippen LogP contribution in [0.5, 0.6) is 0 Å². The van der Waals surface area contributed by atoms with Crippen LogP contribution < -0.4 is 5.32 Å². The van der Waals surface area contributed by atoms with E-state index in [0.29, 0.717) is 5.92 Å². The number of halogens is 1. The molecule has 1 N–H and O–H groups in total. The molecule has 0 spiro atoms. The summed E-state index contributed by atoms with van der Waals surface area (Å²) in [6.45, 7) is 5.60. The molecule has 110 valence electrons. The van der Waals surface area contributed by atoms with E-state index in [-0.39, 0.29) is 11.9 Å². The number of nitrogens with zero attached hydrogens (tertiary/aromatic N) is 1. The average Bonchev–Trinajstić information content (AvgIpc) is 2.52. The van der Waals surface area contributed by atoms with E-state index in [2.05, 4.69) is 10.2 Å². The molecule has 2 saturated heterocycles. The Labute approximate surface area is 120 Å². The van der Waals surface area contributed by atoms with Crippen LogP contribution in [0.1, 0.15) is 24.4 Å². The zero-order valence-corrected chi connectivity index (χ0v) is 11.9. The van der Waals surface area contributed by atoms with E-state index in [1.807, 2.05) is 12.1 Å². The van der Waals surface area contributed by atoms with Crippen molar-refractivity contribution in [3.05, 3.63) is 35.6 Å². The van der Waals surface area contributed by atoms with Gasteiger partial charge in [0, 0.05) is 51.0 Å². The molecule has 0 amide bonds. The van der Waals surface area contributed by atoms with Gasteiger partial charge in [-0.1, -0.05) is 18.2 Å². The standard InChI is InChI=1S/C16H23FN2O/c17-15-4-2-1-3-14(15)16(13-5-11-20-12-6-13)19-9-7-18-8-10-19/h1-4,13,16,18H,5-12H2/t16-/m0/s1. The third-order valence-electron chi connectivity index (χ3n) is 4.48. The Morgan fingerprint density at radius 1 is 1.15 bits per heavy atom. The van der Waals surface area contributed by atoms with Crippen LogP contribution in [0.4, 0.5) is 4.39 Å². The number of rotatable bonds is 3. The van der Waals surface area contributed by atoms with Crippen molar-refractivity contribution in [1.82, 2.24) is 10.2 Å². The summed E-state index contributed by atoms with van der Waals surface area (Å²) in [6, 6.07) is 7.47. The van der Waals surface area contributed by atoms with Gasteiger partial charge in [0.1, 0.15) is 5.82 Å². The van der Waals surface area contributed by atoms with Crippen LogP contribution in [0, 0.1) is 11.7 Å². The normalized spacial score (nSPS) is 23.6. The topological polar surface area (TPSA) is 24.5 Å². The van der Waals surface area contributed by atoms with Crippen molar-refractivity contribution in [1.29, 1.82) is 0 Å². The van der Waals surface area contributed by atoms with Gasteiger partial charge in [0.05, 0.1) is 0 Å². The van der Waals surface area contributed by atoms with Gasteiger partial charge in [-0.3, -0.25) is 4.90 Å². The first-order valence-corrected chi connectivity index (χ1v) is 7.63. The van der Waals surface area contributed by atoms with E-state index >= 15 is 0 Å². The molecule has 2 fully saturated rings. The van der Waals surface area contributed by atoms with Crippen LogP contribution in [0.2, 0.25) is 0 Å². The fourth-order valence-corrected chi connectivity index (χ4v) is 3.46. The van der Waals surface area contributed by atoms with Crippen LogP contribution in [-0.4, -0.2) is 44.3 Å². The molecule has 0 saturated carbocycles. The summed E-state index contributed by atoms with van der Waals surface area (Å²) in [5, 5.41) is 3.38. The Hall–Kier alpha value is -0.970. The smallest absolute Gasteiger partial charge is 0.127 e. The Bertz CT molecular complexity index is 410. The van der Waals surface area contributed by atoms with E-state index in [4.69, 9.17) is 4.74 Å². The average molecular weight is 278 g/mol. The van der Waals surface area contributed by atoms with Gasteiger partial charge in [0.25, 0.3) is 0 Å². The minimum absolute atomic E-state index is 0.0671. The minimum atomic E-state index is -0.0671. The van der Waals surface area contributed by atoms with Gasteiger partial charge in [0.15, 0.2) is 0 Å². The lowest BCUT2D eigenvalue weighted by atomic mass is 9.85. The molecule has 1 aromatic rings.